The first-order chi connectivity index (χ1) is 14.0. The van der Waals surface area contributed by atoms with Crippen LogP contribution in [0.3, 0.4) is 0 Å². The Bertz CT molecular complexity index is 997. The van der Waals surface area contributed by atoms with Gasteiger partial charge in [-0.25, -0.2) is 5.14 Å². The highest BCUT2D eigenvalue weighted by atomic mass is 32.2. The molecule has 3 N–H and O–H groups in total. The molecule has 0 radical (unpaired) electrons. The summed E-state index contributed by atoms with van der Waals surface area (Å²) >= 11 is 0. The van der Waals surface area contributed by atoms with Crippen molar-refractivity contribution in [2.45, 2.75) is 31.2 Å². The number of fused-ring (bicyclic) bond motifs is 1. The zero-order valence-electron chi connectivity index (χ0n) is 16.1. The van der Waals surface area contributed by atoms with Crippen molar-refractivity contribution < 1.29 is 31.4 Å². The molecular weight excluding hydrogens is 427 g/mol. The first-order valence-electron chi connectivity index (χ1n) is 9.09. The second-order valence-electron chi connectivity index (χ2n) is 7.00. The topological polar surface area (TPSA) is 122 Å². The highest BCUT2D eigenvalue weighted by Gasteiger charge is 2.43. The number of nitrogens with zero attached hydrogens (tertiary/aromatic N) is 4. The fourth-order valence-corrected chi connectivity index (χ4v) is 4.51. The summed E-state index contributed by atoms with van der Waals surface area (Å²) in [7, 11) is -2.89. The smallest absolute Gasteiger partial charge is 0.415 e. The number of alkyl halides is 3. The van der Waals surface area contributed by atoms with Crippen molar-refractivity contribution in [1.82, 2.24) is 14.5 Å². The van der Waals surface area contributed by atoms with E-state index < -0.39 is 35.1 Å². The predicted octanol–water partition coefficient (Wildman–Crippen LogP) is 1.04. The van der Waals surface area contributed by atoms with Gasteiger partial charge in [-0.1, -0.05) is 0 Å². The van der Waals surface area contributed by atoms with Crippen molar-refractivity contribution in [2.75, 3.05) is 31.6 Å². The third kappa shape index (κ3) is 4.91. The summed E-state index contributed by atoms with van der Waals surface area (Å²) in [5.41, 5.74) is 1.40. The molecule has 0 amide bonds. The molecule has 1 aliphatic heterocycles. The Hall–Kier alpha value is -2.22. The van der Waals surface area contributed by atoms with E-state index in [1.54, 1.807) is 18.3 Å². The number of anilines is 1. The fourth-order valence-electron chi connectivity index (χ4n) is 3.53. The number of halogens is 3. The molecule has 1 aromatic carbocycles. The van der Waals surface area contributed by atoms with Gasteiger partial charge in [0.2, 0.25) is 0 Å². The van der Waals surface area contributed by atoms with Gasteiger partial charge in [-0.15, -0.1) is 0 Å². The van der Waals surface area contributed by atoms with E-state index in [4.69, 9.17) is 9.88 Å². The number of hydrogen-bond acceptors (Lipinski definition) is 7. The lowest BCUT2D eigenvalue weighted by Crippen LogP contribution is -2.53. The summed E-state index contributed by atoms with van der Waals surface area (Å²) in [4.78, 5) is 1.96. The van der Waals surface area contributed by atoms with Gasteiger partial charge in [0.15, 0.2) is 6.10 Å². The third-order valence-electron chi connectivity index (χ3n) is 5.10. The van der Waals surface area contributed by atoms with Gasteiger partial charge in [0.05, 0.1) is 31.1 Å². The van der Waals surface area contributed by atoms with Crippen LogP contribution in [0.4, 0.5) is 18.9 Å². The summed E-state index contributed by atoms with van der Waals surface area (Å²) in [5.74, 6) is 0.625. The van der Waals surface area contributed by atoms with E-state index in [9.17, 15) is 26.7 Å². The monoisotopic (exact) mass is 449 g/mol. The maximum absolute atomic E-state index is 12.7. The molecule has 0 spiro atoms. The van der Waals surface area contributed by atoms with Crippen LogP contribution < -0.4 is 14.8 Å². The van der Waals surface area contributed by atoms with Crippen molar-refractivity contribution in [3.63, 3.8) is 0 Å². The van der Waals surface area contributed by atoms with Crippen molar-refractivity contribution >= 4 is 26.8 Å². The number of benzene rings is 1. The van der Waals surface area contributed by atoms with Crippen LogP contribution in [0.1, 0.15) is 12.8 Å². The van der Waals surface area contributed by atoms with Gasteiger partial charge in [-0.05, 0) is 25.0 Å². The molecule has 13 heteroatoms. The van der Waals surface area contributed by atoms with Crippen LogP contribution in [-0.4, -0.2) is 73.1 Å². The summed E-state index contributed by atoms with van der Waals surface area (Å²) in [6.45, 7) is -0.399. The average molecular weight is 449 g/mol. The van der Waals surface area contributed by atoms with Gasteiger partial charge in [0, 0.05) is 30.6 Å². The molecule has 30 heavy (non-hydrogen) atoms. The lowest BCUT2D eigenvalue weighted by molar-refractivity contribution is -0.206. The minimum absolute atomic E-state index is 0.237. The fraction of sp³-hybridized carbons (Fsp3) is 0.529. The maximum atomic E-state index is 12.7. The Labute approximate surface area is 171 Å². The quantitative estimate of drug-likeness (QED) is 0.676. The van der Waals surface area contributed by atoms with Crippen molar-refractivity contribution in [3.8, 4) is 5.75 Å². The number of aliphatic hydroxyl groups excluding tert-OH is 1. The summed E-state index contributed by atoms with van der Waals surface area (Å²) < 4.78 is 67.6. The molecule has 2 aromatic rings. The minimum atomic E-state index is -4.94. The number of hydrogen-bond donors (Lipinski definition) is 2. The summed E-state index contributed by atoms with van der Waals surface area (Å²) in [6.07, 6.45) is -5.69. The Morgan fingerprint density at radius 2 is 2.03 bits per heavy atom. The average Bonchev–Trinajstić information content (AvgIpc) is 2.69. The highest BCUT2D eigenvalue weighted by molar-refractivity contribution is 7.86. The first kappa shape index (κ1) is 22.5. The number of aromatic nitrogens is 2. The molecule has 9 nitrogen and oxygen atoms in total. The zero-order valence-corrected chi connectivity index (χ0v) is 16.9. The van der Waals surface area contributed by atoms with Crippen LogP contribution >= 0.6 is 0 Å². The van der Waals surface area contributed by atoms with Crippen LogP contribution in [-0.2, 0) is 10.2 Å². The summed E-state index contributed by atoms with van der Waals surface area (Å²) in [5, 5.41) is 23.3. The second-order valence-corrected chi connectivity index (χ2v) is 8.50. The second kappa shape index (κ2) is 8.49. The van der Waals surface area contributed by atoms with Crippen LogP contribution in [0.25, 0.3) is 10.9 Å². The Balaban J connectivity index is 1.77. The normalized spacial score (nSPS) is 17.5. The number of methoxy groups -OCH3 is 1. The van der Waals surface area contributed by atoms with Crippen molar-refractivity contribution in [1.29, 1.82) is 0 Å². The number of nitrogens with two attached hydrogens (primary N) is 1. The standard InChI is InChI=1S/C17H22F3N5O4S/c1-29-12-2-3-13-14(8-12)23-22-9-15(13)24-6-4-11(5-7-24)25(30(21,27)28)10-16(26)17(18,19)20/h2-3,8-9,11,16,26H,4-7,10H2,1H3,(H2,21,27,28). The van der Waals surface area contributed by atoms with Crippen molar-refractivity contribution in [2.24, 2.45) is 5.14 Å². The van der Waals surface area contributed by atoms with Gasteiger partial charge < -0.3 is 14.7 Å². The molecule has 1 fully saturated rings. The Morgan fingerprint density at radius 1 is 1.37 bits per heavy atom. The number of ether oxygens (including phenoxy) is 1. The Morgan fingerprint density at radius 3 is 2.60 bits per heavy atom. The highest BCUT2D eigenvalue weighted by Crippen LogP contribution is 2.31. The largest absolute Gasteiger partial charge is 0.497 e. The van der Waals surface area contributed by atoms with Crippen LogP contribution in [0.2, 0.25) is 0 Å². The van der Waals surface area contributed by atoms with Crippen molar-refractivity contribution in [3.05, 3.63) is 24.4 Å². The van der Waals surface area contributed by atoms with E-state index in [0.29, 0.717) is 28.7 Å². The van der Waals surface area contributed by atoms with Gasteiger partial charge in [0.1, 0.15) is 5.75 Å². The van der Waals surface area contributed by atoms with E-state index >= 15 is 0 Å². The molecule has 2 heterocycles. The number of rotatable bonds is 6. The van der Waals surface area contributed by atoms with E-state index in [1.165, 1.54) is 7.11 Å². The Kier molecular flexibility index (Phi) is 6.36. The molecule has 3 rings (SSSR count). The molecule has 1 atom stereocenters. The van der Waals surface area contributed by atoms with Crippen LogP contribution in [0, 0.1) is 0 Å². The van der Waals surface area contributed by atoms with E-state index in [2.05, 4.69) is 10.2 Å². The summed E-state index contributed by atoms with van der Waals surface area (Å²) in [6, 6.07) is 4.59. The first-order valence-corrected chi connectivity index (χ1v) is 10.6. The molecule has 0 saturated carbocycles. The SMILES string of the molecule is COc1ccc2c(N3CCC(N(CC(O)C(F)(F)F)S(N)(=O)=O)CC3)cnnc2c1. The zero-order chi connectivity index (χ0) is 22.1. The molecule has 0 bridgehead atoms. The number of piperidine rings is 1. The molecule has 1 aliphatic rings. The van der Waals surface area contributed by atoms with Gasteiger partial charge >= 0.3 is 6.18 Å². The van der Waals surface area contributed by atoms with Crippen LogP contribution in [0.15, 0.2) is 24.4 Å². The molecule has 0 aliphatic carbocycles. The van der Waals surface area contributed by atoms with E-state index in [-0.39, 0.29) is 12.8 Å². The van der Waals surface area contributed by atoms with Crippen LogP contribution in [0.5, 0.6) is 5.75 Å². The number of aliphatic hydroxyl groups is 1. The molecule has 1 unspecified atom stereocenters. The molecule has 1 aromatic heterocycles. The van der Waals surface area contributed by atoms with Gasteiger partial charge in [0.25, 0.3) is 10.2 Å². The third-order valence-corrected chi connectivity index (χ3v) is 6.20. The van der Waals surface area contributed by atoms with E-state index in [0.717, 1.165) is 11.1 Å². The van der Waals surface area contributed by atoms with Gasteiger partial charge in [-0.2, -0.15) is 36.1 Å². The molecular formula is C17H22F3N5O4S. The van der Waals surface area contributed by atoms with Gasteiger partial charge in [-0.3, -0.25) is 0 Å². The predicted molar refractivity (Wildman–Crippen MR) is 103 cm³/mol. The minimum Gasteiger partial charge on any atom is -0.497 e. The molecule has 1 saturated heterocycles. The molecule has 166 valence electrons. The lowest BCUT2D eigenvalue weighted by Gasteiger charge is -2.38. The van der Waals surface area contributed by atoms with E-state index in [1.807, 2.05) is 11.0 Å². The lowest BCUT2D eigenvalue weighted by atomic mass is 10.0. The maximum Gasteiger partial charge on any atom is 0.415 e.